The third-order valence-electron chi connectivity index (χ3n) is 7.05. The van der Waals surface area contributed by atoms with Gasteiger partial charge in [-0.05, 0) is 54.9 Å². The first kappa shape index (κ1) is 16.8. The summed E-state index contributed by atoms with van der Waals surface area (Å²) in [5.41, 5.74) is 2.01. The second-order valence-electron chi connectivity index (χ2n) is 8.52. The minimum atomic E-state index is -0.539. The van der Waals surface area contributed by atoms with Crippen molar-refractivity contribution in [2.24, 2.45) is 36.6 Å². The Labute approximate surface area is 158 Å². The van der Waals surface area contributed by atoms with Gasteiger partial charge < -0.3 is 10.6 Å². The molecule has 1 heterocycles. The van der Waals surface area contributed by atoms with Crippen LogP contribution in [0.25, 0.3) is 10.9 Å². The maximum absolute atomic E-state index is 12.1. The molecule has 1 aromatic carbocycles. The van der Waals surface area contributed by atoms with Crippen molar-refractivity contribution >= 4 is 22.7 Å². The van der Waals surface area contributed by atoms with Crippen LogP contribution < -0.4 is 10.6 Å². The molecule has 27 heavy (non-hydrogen) atoms. The molecule has 2 N–H and O–H groups in total. The molecule has 6 nitrogen and oxygen atoms in total. The summed E-state index contributed by atoms with van der Waals surface area (Å²) in [6.45, 7) is 1.06. The summed E-state index contributed by atoms with van der Waals surface area (Å²) in [7, 11) is 1.91. The van der Waals surface area contributed by atoms with Crippen LogP contribution in [0.3, 0.4) is 0 Å². The molecule has 3 aliphatic rings. The SMILES string of the molecule is Cn1nc(CCNC(=O)C(=O)NCC2CC3CC2C2CC32)c2ccccc21. The average Bonchev–Trinajstić information content (AvgIpc) is 3.15. The lowest BCUT2D eigenvalue weighted by molar-refractivity contribution is -0.139. The van der Waals surface area contributed by atoms with E-state index in [9.17, 15) is 9.59 Å². The van der Waals surface area contributed by atoms with Crippen molar-refractivity contribution in [3.05, 3.63) is 30.0 Å². The van der Waals surface area contributed by atoms with Crippen molar-refractivity contribution in [3.63, 3.8) is 0 Å². The summed E-state index contributed by atoms with van der Waals surface area (Å²) in [4.78, 5) is 24.2. The Balaban J connectivity index is 1.09. The number of carbonyl (C=O) groups excluding carboxylic acids is 2. The molecule has 3 aliphatic carbocycles. The fraction of sp³-hybridized carbons (Fsp3) is 0.571. The van der Waals surface area contributed by atoms with E-state index in [2.05, 4.69) is 15.7 Å². The normalized spacial score (nSPS) is 30.3. The number of rotatable bonds is 5. The Bertz CT molecular complexity index is 905. The number of para-hydroxylation sites is 1. The van der Waals surface area contributed by atoms with E-state index in [0.29, 0.717) is 25.4 Å². The number of aryl methyl sites for hydroxylation is 1. The second kappa shape index (κ2) is 6.36. The van der Waals surface area contributed by atoms with Crippen LogP contribution in [-0.4, -0.2) is 34.7 Å². The van der Waals surface area contributed by atoms with Gasteiger partial charge in [0.1, 0.15) is 0 Å². The molecule has 0 saturated heterocycles. The maximum atomic E-state index is 12.1. The average molecular weight is 366 g/mol. The summed E-state index contributed by atoms with van der Waals surface area (Å²) in [6, 6.07) is 8.03. The quantitative estimate of drug-likeness (QED) is 0.790. The zero-order valence-corrected chi connectivity index (χ0v) is 15.6. The van der Waals surface area contributed by atoms with Gasteiger partial charge in [-0.15, -0.1) is 0 Å². The van der Waals surface area contributed by atoms with Gasteiger partial charge in [-0.25, -0.2) is 0 Å². The third-order valence-corrected chi connectivity index (χ3v) is 7.05. The Kier molecular flexibility index (Phi) is 3.95. The Morgan fingerprint density at radius 1 is 1.07 bits per heavy atom. The van der Waals surface area contributed by atoms with Gasteiger partial charge in [0.2, 0.25) is 0 Å². The minimum Gasteiger partial charge on any atom is -0.348 e. The molecule has 0 spiro atoms. The van der Waals surface area contributed by atoms with Crippen molar-refractivity contribution < 1.29 is 9.59 Å². The highest BCUT2D eigenvalue weighted by molar-refractivity contribution is 6.35. The highest BCUT2D eigenvalue weighted by atomic mass is 16.2. The Morgan fingerprint density at radius 2 is 1.89 bits per heavy atom. The van der Waals surface area contributed by atoms with E-state index in [1.807, 2.05) is 36.0 Å². The number of nitrogens with zero attached hydrogens (tertiary/aromatic N) is 2. The number of amides is 2. The van der Waals surface area contributed by atoms with E-state index in [0.717, 1.165) is 40.3 Å². The molecule has 3 saturated carbocycles. The van der Waals surface area contributed by atoms with Crippen LogP contribution in [0.5, 0.6) is 0 Å². The van der Waals surface area contributed by atoms with E-state index in [-0.39, 0.29) is 0 Å². The van der Waals surface area contributed by atoms with Crippen LogP contribution in [0, 0.1) is 29.6 Å². The molecule has 5 rings (SSSR count). The zero-order valence-electron chi connectivity index (χ0n) is 15.6. The fourth-order valence-corrected chi connectivity index (χ4v) is 5.73. The fourth-order valence-electron chi connectivity index (χ4n) is 5.73. The number of hydrogen-bond donors (Lipinski definition) is 2. The number of aromatic nitrogens is 2. The number of benzene rings is 1. The third kappa shape index (κ3) is 2.91. The standard InChI is InChI=1S/C21H26N4O2/c1-25-19-5-3-2-4-14(19)18(24-25)6-7-22-20(26)21(27)23-11-13-8-12-9-15(13)17-10-16(12)17/h2-5,12-13,15-17H,6-11H2,1H3,(H,22,26)(H,23,27). The van der Waals surface area contributed by atoms with Gasteiger partial charge in [0, 0.05) is 31.9 Å². The molecular formula is C21H26N4O2. The Hall–Kier alpha value is -2.37. The zero-order chi connectivity index (χ0) is 18.5. The van der Waals surface area contributed by atoms with Crippen molar-refractivity contribution in [1.29, 1.82) is 0 Å². The summed E-state index contributed by atoms with van der Waals surface area (Å²) in [5, 5.41) is 11.2. The highest BCUT2D eigenvalue weighted by Crippen LogP contribution is 2.67. The largest absolute Gasteiger partial charge is 0.348 e. The van der Waals surface area contributed by atoms with Gasteiger partial charge in [0.15, 0.2) is 0 Å². The monoisotopic (exact) mass is 366 g/mol. The van der Waals surface area contributed by atoms with Gasteiger partial charge >= 0.3 is 11.8 Å². The first-order valence-electron chi connectivity index (χ1n) is 10.1. The molecular weight excluding hydrogens is 340 g/mol. The number of hydrogen-bond acceptors (Lipinski definition) is 3. The van der Waals surface area contributed by atoms with Crippen LogP contribution in [0.1, 0.15) is 25.0 Å². The molecule has 5 atom stereocenters. The van der Waals surface area contributed by atoms with Gasteiger partial charge in [-0.3, -0.25) is 14.3 Å². The number of fused-ring (bicyclic) bond motifs is 6. The van der Waals surface area contributed by atoms with Gasteiger partial charge in [0.05, 0.1) is 11.2 Å². The molecule has 142 valence electrons. The second-order valence-corrected chi connectivity index (χ2v) is 8.52. The van der Waals surface area contributed by atoms with E-state index in [4.69, 9.17) is 0 Å². The van der Waals surface area contributed by atoms with Gasteiger partial charge in [-0.2, -0.15) is 5.10 Å². The molecule has 5 unspecified atom stereocenters. The van der Waals surface area contributed by atoms with Crippen LogP contribution in [0.15, 0.2) is 24.3 Å². The molecule has 1 aromatic heterocycles. The smallest absolute Gasteiger partial charge is 0.309 e. The van der Waals surface area contributed by atoms with Crippen LogP contribution in [-0.2, 0) is 23.1 Å². The lowest BCUT2D eigenvalue weighted by atomic mass is 9.88. The molecule has 2 amide bonds. The first-order chi connectivity index (χ1) is 13.1. The molecule has 0 radical (unpaired) electrons. The topological polar surface area (TPSA) is 76.0 Å². The minimum absolute atomic E-state index is 0.408. The van der Waals surface area contributed by atoms with E-state index in [1.165, 1.54) is 19.3 Å². The van der Waals surface area contributed by atoms with Crippen LogP contribution in [0.4, 0.5) is 0 Å². The van der Waals surface area contributed by atoms with Crippen LogP contribution in [0.2, 0.25) is 0 Å². The van der Waals surface area contributed by atoms with Gasteiger partial charge in [-0.1, -0.05) is 18.2 Å². The summed E-state index contributed by atoms with van der Waals surface area (Å²) < 4.78 is 1.85. The van der Waals surface area contributed by atoms with E-state index < -0.39 is 11.8 Å². The summed E-state index contributed by atoms with van der Waals surface area (Å²) in [6.07, 6.45) is 4.60. The van der Waals surface area contributed by atoms with E-state index in [1.54, 1.807) is 0 Å². The first-order valence-corrected chi connectivity index (χ1v) is 10.1. The predicted molar refractivity (Wildman–Crippen MR) is 102 cm³/mol. The lowest BCUT2D eigenvalue weighted by Crippen LogP contribution is -2.43. The summed E-state index contributed by atoms with van der Waals surface area (Å²) in [5.74, 6) is 3.14. The molecule has 6 heteroatoms. The molecule has 2 bridgehead atoms. The number of nitrogens with one attached hydrogen (secondary N) is 2. The Morgan fingerprint density at radius 3 is 2.70 bits per heavy atom. The lowest BCUT2D eigenvalue weighted by Gasteiger charge is -2.21. The molecule has 2 aromatic rings. The molecule has 0 aliphatic heterocycles. The number of carbonyl (C=O) groups is 2. The van der Waals surface area contributed by atoms with Crippen molar-refractivity contribution in [2.75, 3.05) is 13.1 Å². The maximum Gasteiger partial charge on any atom is 0.309 e. The van der Waals surface area contributed by atoms with Crippen LogP contribution >= 0.6 is 0 Å². The predicted octanol–water partition coefficient (Wildman–Crippen LogP) is 1.64. The summed E-state index contributed by atoms with van der Waals surface area (Å²) >= 11 is 0. The van der Waals surface area contributed by atoms with Gasteiger partial charge in [0.25, 0.3) is 0 Å². The van der Waals surface area contributed by atoms with E-state index >= 15 is 0 Å². The van der Waals surface area contributed by atoms with Crippen molar-refractivity contribution in [1.82, 2.24) is 20.4 Å². The van der Waals surface area contributed by atoms with Crippen molar-refractivity contribution in [2.45, 2.75) is 25.7 Å². The molecule has 3 fully saturated rings. The highest BCUT2D eigenvalue weighted by Gasteiger charge is 2.60. The van der Waals surface area contributed by atoms with Crippen molar-refractivity contribution in [3.8, 4) is 0 Å².